The second-order valence-corrected chi connectivity index (χ2v) is 4.93. The van der Waals surface area contributed by atoms with Crippen LogP contribution >= 0.6 is 11.6 Å². The van der Waals surface area contributed by atoms with Gasteiger partial charge in [0.1, 0.15) is 0 Å². The fraction of sp³-hybridized carbons (Fsp3) is 0.0476. The van der Waals surface area contributed by atoms with E-state index in [0.29, 0.717) is 0 Å². The Morgan fingerprint density at radius 1 is 0.818 bits per heavy atom. The van der Waals surface area contributed by atoms with E-state index in [2.05, 4.69) is 38.4 Å². The monoisotopic (exact) mass is 308 g/mol. The Labute approximate surface area is 138 Å². The van der Waals surface area contributed by atoms with Crippen LogP contribution in [-0.4, -0.2) is 0 Å². The molecule has 0 spiro atoms. The largest absolute Gasteiger partial charge is 0.102 e. The molecule has 0 aromatic heterocycles. The highest BCUT2D eigenvalue weighted by molar-refractivity contribution is 6.33. The second kappa shape index (κ2) is 9.59. The van der Waals surface area contributed by atoms with Crippen molar-refractivity contribution in [3.8, 4) is 0 Å². The Hall–Kier alpha value is -2.31. The normalized spacial score (nSPS) is 10.6. The van der Waals surface area contributed by atoms with Crippen molar-refractivity contribution in [2.24, 2.45) is 0 Å². The molecule has 0 saturated heterocycles. The predicted molar refractivity (Wildman–Crippen MR) is 100 cm³/mol. The highest BCUT2D eigenvalue weighted by Crippen LogP contribution is 2.33. The lowest BCUT2D eigenvalue weighted by Crippen LogP contribution is -1.99. The van der Waals surface area contributed by atoms with Gasteiger partial charge in [-0.3, -0.25) is 0 Å². The topological polar surface area (TPSA) is 0 Å². The maximum absolute atomic E-state index is 6.41. The van der Waals surface area contributed by atoms with Crippen molar-refractivity contribution < 1.29 is 0 Å². The van der Waals surface area contributed by atoms with Gasteiger partial charge in [-0.25, -0.2) is 0 Å². The van der Waals surface area contributed by atoms with Crippen LogP contribution in [0.5, 0.6) is 0 Å². The molecule has 1 unspecified atom stereocenters. The van der Waals surface area contributed by atoms with Crippen LogP contribution in [0.2, 0.25) is 5.02 Å². The van der Waals surface area contributed by atoms with Crippen molar-refractivity contribution in [1.82, 2.24) is 0 Å². The average molecular weight is 309 g/mol. The van der Waals surface area contributed by atoms with Crippen molar-refractivity contribution in [3.05, 3.63) is 115 Å². The summed E-state index contributed by atoms with van der Waals surface area (Å²) < 4.78 is 0. The quantitative estimate of drug-likeness (QED) is 0.428. The number of hydrogen-bond donors (Lipinski definition) is 0. The van der Waals surface area contributed by atoms with Crippen LogP contribution in [0.3, 0.4) is 0 Å². The van der Waals surface area contributed by atoms with Crippen molar-refractivity contribution in [2.75, 3.05) is 0 Å². The van der Waals surface area contributed by atoms with E-state index in [-0.39, 0.29) is 5.92 Å². The van der Waals surface area contributed by atoms with Crippen LogP contribution in [0.4, 0.5) is 0 Å². The standard InChI is InChI=1S/C17H15Cl.C4H6/c1-3-13-11-8-12-16(17(13)18)15(4-2)14-9-6-5-7-10-14;1-3-4-2/h3-12,15H,1-2H2;3-4H,1-2H2. The van der Waals surface area contributed by atoms with Gasteiger partial charge in [-0.1, -0.05) is 104 Å². The molecule has 0 heterocycles. The van der Waals surface area contributed by atoms with E-state index in [1.807, 2.05) is 42.5 Å². The van der Waals surface area contributed by atoms with E-state index in [4.69, 9.17) is 11.6 Å². The maximum Gasteiger partial charge on any atom is 0.0519 e. The SMILES string of the molecule is C=CC=C.C=Cc1cccc(C(C=C)c2ccccc2)c1Cl. The molecule has 0 aliphatic carbocycles. The Bertz CT molecular complexity index is 632. The lowest BCUT2D eigenvalue weighted by atomic mass is 9.90. The number of rotatable bonds is 5. The zero-order valence-electron chi connectivity index (χ0n) is 12.7. The van der Waals surface area contributed by atoms with E-state index in [0.717, 1.165) is 16.1 Å². The molecule has 0 fully saturated rings. The second-order valence-electron chi connectivity index (χ2n) is 4.55. The minimum Gasteiger partial charge on any atom is -0.102 e. The third-order valence-electron chi connectivity index (χ3n) is 3.17. The summed E-state index contributed by atoms with van der Waals surface area (Å²) in [5, 5.41) is 0.751. The molecule has 0 N–H and O–H groups in total. The molecular formula is C21H21Cl. The Balaban J connectivity index is 0.000000541. The van der Waals surface area contributed by atoms with Gasteiger partial charge in [-0.05, 0) is 16.7 Å². The van der Waals surface area contributed by atoms with Crippen molar-refractivity contribution in [3.63, 3.8) is 0 Å². The van der Waals surface area contributed by atoms with Gasteiger partial charge in [-0.2, -0.15) is 0 Å². The predicted octanol–water partition coefficient (Wildman–Crippen LogP) is 6.66. The van der Waals surface area contributed by atoms with Gasteiger partial charge in [0, 0.05) is 5.92 Å². The van der Waals surface area contributed by atoms with Gasteiger partial charge >= 0.3 is 0 Å². The minimum absolute atomic E-state index is 0.110. The molecule has 2 aromatic rings. The molecule has 0 aliphatic heterocycles. The number of allylic oxidation sites excluding steroid dienone is 3. The van der Waals surface area contributed by atoms with Gasteiger partial charge in [0.2, 0.25) is 0 Å². The molecule has 1 atom stereocenters. The van der Waals surface area contributed by atoms with Crippen LogP contribution in [0, 0.1) is 0 Å². The van der Waals surface area contributed by atoms with E-state index >= 15 is 0 Å². The molecule has 1 heteroatoms. The van der Waals surface area contributed by atoms with Gasteiger partial charge in [0.05, 0.1) is 5.02 Å². The van der Waals surface area contributed by atoms with Crippen molar-refractivity contribution in [2.45, 2.75) is 5.92 Å². The van der Waals surface area contributed by atoms with Gasteiger partial charge < -0.3 is 0 Å². The number of halogens is 1. The first-order chi connectivity index (χ1) is 10.7. The molecule has 0 bridgehead atoms. The molecule has 112 valence electrons. The van der Waals surface area contributed by atoms with Crippen molar-refractivity contribution >= 4 is 17.7 Å². The van der Waals surface area contributed by atoms with Crippen LogP contribution in [0.1, 0.15) is 22.6 Å². The summed E-state index contributed by atoms with van der Waals surface area (Å²) in [6, 6.07) is 16.2. The summed E-state index contributed by atoms with van der Waals surface area (Å²) >= 11 is 6.41. The van der Waals surface area contributed by atoms with E-state index in [9.17, 15) is 0 Å². The summed E-state index contributed by atoms with van der Waals surface area (Å²) in [5.74, 6) is 0.110. The summed E-state index contributed by atoms with van der Waals surface area (Å²) in [7, 11) is 0. The van der Waals surface area contributed by atoms with Gasteiger partial charge in [0.15, 0.2) is 0 Å². The first kappa shape index (κ1) is 17.7. The molecule has 0 radical (unpaired) electrons. The molecule has 22 heavy (non-hydrogen) atoms. The highest BCUT2D eigenvalue weighted by Gasteiger charge is 2.14. The van der Waals surface area contributed by atoms with Gasteiger partial charge in [0.25, 0.3) is 0 Å². The zero-order valence-corrected chi connectivity index (χ0v) is 13.5. The summed E-state index contributed by atoms with van der Waals surface area (Å²) in [6.45, 7) is 14.4. The minimum atomic E-state index is 0.110. The van der Waals surface area contributed by atoms with Crippen LogP contribution in [-0.2, 0) is 0 Å². The van der Waals surface area contributed by atoms with Crippen LogP contribution < -0.4 is 0 Å². The summed E-state index contributed by atoms with van der Waals surface area (Å²) in [5.41, 5.74) is 3.21. The third kappa shape index (κ3) is 4.61. The fourth-order valence-electron chi connectivity index (χ4n) is 2.07. The van der Waals surface area contributed by atoms with Gasteiger partial charge in [-0.15, -0.1) is 6.58 Å². The molecule has 0 nitrogen and oxygen atoms in total. The van der Waals surface area contributed by atoms with Crippen LogP contribution in [0.25, 0.3) is 6.08 Å². The molecule has 2 rings (SSSR count). The molecule has 0 saturated carbocycles. The molecule has 0 aliphatic rings. The van der Waals surface area contributed by atoms with Crippen LogP contribution in [0.15, 0.2) is 93.1 Å². The maximum atomic E-state index is 6.41. The Kier molecular flexibility index (Phi) is 7.74. The average Bonchev–Trinajstić information content (AvgIpc) is 2.58. The highest BCUT2D eigenvalue weighted by atomic mass is 35.5. The number of hydrogen-bond acceptors (Lipinski definition) is 0. The summed E-state index contributed by atoms with van der Waals surface area (Å²) in [4.78, 5) is 0. The molecule has 2 aromatic carbocycles. The lowest BCUT2D eigenvalue weighted by Gasteiger charge is -2.16. The third-order valence-corrected chi connectivity index (χ3v) is 3.61. The van der Waals surface area contributed by atoms with E-state index in [1.54, 1.807) is 18.2 Å². The van der Waals surface area contributed by atoms with E-state index in [1.165, 1.54) is 5.56 Å². The molecular weight excluding hydrogens is 288 g/mol. The van der Waals surface area contributed by atoms with E-state index < -0.39 is 0 Å². The molecule has 0 amide bonds. The zero-order chi connectivity index (χ0) is 16.4. The Morgan fingerprint density at radius 3 is 1.95 bits per heavy atom. The number of benzene rings is 2. The Morgan fingerprint density at radius 2 is 1.45 bits per heavy atom. The first-order valence-corrected chi connectivity index (χ1v) is 7.39. The van der Waals surface area contributed by atoms with Crippen molar-refractivity contribution in [1.29, 1.82) is 0 Å². The summed E-state index contributed by atoms with van der Waals surface area (Å²) in [6.07, 6.45) is 6.97. The fourth-order valence-corrected chi connectivity index (χ4v) is 2.39. The smallest absolute Gasteiger partial charge is 0.0519 e. The lowest BCUT2D eigenvalue weighted by molar-refractivity contribution is 1.03. The first-order valence-electron chi connectivity index (χ1n) is 7.01.